The van der Waals surface area contributed by atoms with Crippen LogP contribution in [0.25, 0.3) is 0 Å². The molecule has 1 rings (SSSR count). The van der Waals surface area contributed by atoms with Gasteiger partial charge in [-0.1, -0.05) is 11.3 Å². The van der Waals surface area contributed by atoms with Gasteiger partial charge in [-0.05, 0) is 6.42 Å². The molecule has 0 fully saturated rings. The van der Waals surface area contributed by atoms with Gasteiger partial charge in [-0.15, -0.1) is 10.2 Å². The van der Waals surface area contributed by atoms with E-state index in [1.165, 1.54) is 11.3 Å². The number of hydrogen-bond donors (Lipinski definition) is 2. The largest absolute Gasteiger partial charge is 0.380 e. The molecule has 13 heavy (non-hydrogen) atoms. The van der Waals surface area contributed by atoms with Crippen LogP contribution in [0.15, 0.2) is 5.51 Å². The molecule has 1 aromatic heterocycles. The van der Waals surface area contributed by atoms with Crippen LogP contribution >= 0.6 is 11.3 Å². The van der Waals surface area contributed by atoms with Crippen molar-refractivity contribution in [2.75, 3.05) is 31.6 Å². The number of rotatable bonds is 7. The molecule has 3 N–H and O–H groups in total. The predicted octanol–water partition coefficient (Wildman–Crippen LogP) is 0.315. The fourth-order valence-electron chi connectivity index (χ4n) is 0.805. The lowest BCUT2D eigenvalue weighted by Gasteiger charge is -2.02. The molecular formula is C7H14N4OS. The summed E-state index contributed by atoms with van der Waals surface area (Å²) in [5, 5.41) is 11.6. The van der Waals surface area contributed by atoms with E-state index < -0.39 is 0 Å². The van der Waals surface area contributed by atoms with Crippen molar-refractivity contribution in [2.24, 2.45) is 5.73 Å². The zero-order valence-corrected chi connectivity index (χ0v) is 8.22. The molecule has 0 spiro atoms. The first kappa shape index (κ1) is 10.4. The molecule has 0 saturated carbocycles. The number of nitrogens with two attached hydrogens (primary N) is 1. The monoisotopic (exact) mass is 202 g/mol. The van der Waals surface area contributed by atoms with Gasteiger partial charge in [0.25, 0.3) is 0 Å². The number of hydrogen-bond acceptors (Lipinski definition) is 6. The van der Waals surface area contributed by atoms with Crippen LogP contribution in [0.1, 0.15) is 6.42 Å². The molecule has 0 aliphatic rings. The fourth-order valence-corrected chi connectivity index (χ4v) is 1.28. The smallest absolute Gasteiger partial charge is 0.205 e. The minimum atomic E-state index is 0.587. The molecule has 0 aliphatic heterocycles. The van der Waals surface area contributed by atoms with E-state index in [-0.39, 0.29) is 0 Å². The van der Waals surface area contributed by atoms with Crippen molar-refractivity contribution in [2.45, 2.75) is 6.42 Å². The van der Waals surface area contributed by atoms with Crippen molar-refractivity contribution in [1.29, 1.82) is 0 Å². The Morgan fingerprint density at radius 3 is 3.15 bits per heavy atom. The van der Waals surface area contributed by atoms with Crippen LogP contribution < -0.4 is 11.1 Å². The minimum Gasteiger partial charge on any atom is -0.380 e. The summed E-state index contributed by atoms with van der Waals surface area (Å²) < 4.78 is 5.20. The molecule has 5 nitrogen and oxygen atoms in total. The van der Waals surface area contributed by atoms with E-state index in [4.69, 9.17) is 10.5 Å². The molecule has 1 aromatic rings. The lowest BCUT2D eigenvalue weighted by atomic mass is 10.4. The van der Waals surface area contributed by atoms with Crippen molar-refractivity contribution in [3.63, 3.8) is 0 Å². The molecule has 0 bridgehead atoms. The first-order valence-corrected chi connectivity index (χ1v) is 5.09. The number of nitrogens with one attached hydrogen (secondary N) is 1. The van der Waals surface area contributed by atoms with E-state index in [0.717, 1.165) is 24.7 Å². The number of anilines is 1. The van der Waals surface area contributed by atoms with Gasteiger partial charge in [-0.3, -0.25) is 0 Å². The van der Waals surface area contributed by atoms with Gasteiger partial charge < -0.3 is 15.8 Å². The molecule has 0 saturated heterocycles. The van der Waals surface area contributed by atoms with E-state index in [1.807, 2.05) is 0 Å². The van der Waals surface area contributed by atoms with Gasteiger partial charge in [0.05, 0.1) is 6.61 Å². The summed E-state index contributed by atoms with van der Waals surface area (Å²) in [4.78, 5) is 0. The third-order valence-electron chi connectivity index (χ3n) is 1.36. The van der Waals surface area contributed by atoms with Gasteiger partial charge in [0.15, 0.2) is 0 Å². The van der Waals surface area contributed by atoms with Gasteiger partial charge in [-0.25, -0.2) is 0 Å². The number of nitrogens with zero attached hydrogens (tertiary/aromatic N) is 2. The summed E-state index contributed by atoms with van der Waals surface area (Å²) in [6, 6.07) is 0. The normalized spacial score (nSPS) is 10.2. The second-order valence-electron chi connectivity index (χ2n) is 2.43. The zero-order valence-electron chi connectivity index (χ0n) is 7.40. The van der Waals surface area contributed by atoms with Crippen molar-refractivity contribution in [3.8, 4) is 0 Å². The molecule has 74 valence electrons. The highest BCUT2D eigenvalue weighted by Gasteiger charge is 1.93. The average molecular weight is 202 g/mol. The highest BCUT2D eigenvalue weighted by atomic mass is 32.1. The highest BCUT2D eigenvalue weighted by Crippen LogP contribution is 2.06. The van der Waals surface area contributed by atoms with Crippen molar-refractivity contribution < 1.29 is 4.74 Å². The van der Waals surface area contributed by atoms with E-state index in [0.29, 0.717) is 13.2 Å². The first-order chi connectivity index (χ1) is 6.43. The van der Waals surface area contributed by atoms with E-state index >= 15 is 0 Å². The summed E-state index contributed by atoms with van der Waals surface area (Å²) in [6.45, 7) is 2.82. The predicted molar refractivity (Wildman–Crippen MR) is 52.9 cm³/mol. The third-order valence-corrected chi connectivity index (χ3v) is 2.01. The maximum Gasteiger partial charge on any atom is 0.205 e. The SMILES string of the molecule is NCCOCCCNc1nncs1. The first-order valence-electron chi connectivity index (χ1n) is 4.21. The van der Waals surface area contributed by atoms with Gasteiger partial charge in [-0.2, -0.15) is 0 Å². The molecule has 1 heterocycles. The van der Waals surface area contributed by atoms with Crippen LogP contribution in [-0.4, -0.2) is 36.5 Å². The Morgan fingerprint density at radius 1 is 1.54 bits per heavy atom. The second kappa shape index (κ2) is 6.76. The Morgan fingerprint density at radius 2 is 2.46 bits per heavy atom. The molecule has 6 heteroatoms. The van der Waals surface area contributed by atoms with Gasteiger partial charge in [0, 0.05) is 19.7 Å². The topological polar surface area (TPSA) is 73.1 Å². The molecule has 0 atom stereocenters. The summed E-state index contributed by atoms with van der Waals surface area (Å²) in [5.41, 5.74) is 6.96. The Labute approximate surface area is 81.3 Å². The molecule has 0 radical (unpaired) electrons. The molecule has 0 aliphatic carbocycles. The maximum absolute atomic E-state index is 5.26. The van der Waals surface area contributed by atoms with Crippen molar-refractivity contribution in [3.05, 3.63) is 5.51 Å². The van der Waals surface area contributed by atoms with Crippen LogP contribution in [0.2, 0.25) is 0 Å². The Balaban J connectivity index is 1.90. The zero-order chi connectivity index (χ0) is 9.36. The molecule has 0 unspecified atom stereocenters. The van der Waals surface area contributed by atoms with Gasteiger partial charge in [0.1, 0.15) is 5.51 Å². The third kappa shape index (κ3) is 4.76. The summed E-state index contributed by atoms with van der Waals surface area (Å²) >= 11 is 1.50. The summed E-state index contributed by atoms with van der Waals surface area (Å²) in [7, 11) is 0. The fraction of sp³-hybridized carbons (Fsp3) is 0.714. The molecule has 0 aromatic carbocycles. The average Bonchev–Trinajstić information content (AvgIpc) is 2.63. The number of aromatic nitrogens is 2. The highest BCUT2D eigenvalue weighted by molar-refractivity contribution is 7.13. The van der Waals surface area contributed by atoms with Crippen molar-refractivity contribution >= 4 is 16.5 Å². The van der Waals surface area contributed by atoms with E-state index in [2.05, 4.69) is 15.5 Å². The summed E-state index contributed by atoms with van der Waals surface area (Å²) in [5.74, 6) is 0. The second-order valence-corrected chi connectivity index (χ2v) is 3.26. The lowest BCUT2D eigenvalue weighted by molar-refractivity contribution is 0.141. The van der Waals surface area contributed by atoms with Crippen molar-refractivity contribution in [1.82, 2.24) is 10.2 Å². The molecular weight excluding hydrogens is 188 g/mol. The number of ether oxygens (including phenoxy) is 1. The summed E-state index contributed by atoms with van der Waals surface area (Å²) in [6.07, 6.45) is 0.958. The van der Waals surface area contributed by atoms with E-state index in [9.17, 15) is 0 Å². The van der Waals surface area contributed by atoms with E-state index in [1.54, 1.807) is 5.51 Å². The van der Waals surface area contributed by atoms with Gasteiger partial charge in [0.2, 0.25) is 5.13 Å². The maximum atomic E-state index is 5.26. The Bertz CT molecular complexity index is 204. The standard InChI is InChI=1S/C7H14N4OS/c8-2-5-12-4-1-3-9-7-11-10-6-13-7/h6H,1-5,8H2,(H,9,11). The van der Waals surface area contributed by atoms with Crippen LogP contribution in [0.3, 0.4) is 0 Å². The van der Waals surface area contributed by atoms with Crippen LogP contribution in [0, 0.1) is 0 Å². The molecule has 0 amide bonds. The van der Waals surface area contributed by atoms with Crippen LogP contribution in [-0.2, 0) is 4.74 Å². The Kier molecular flexibility index (Phi) is 5.39. The minimum absolute atomic E-state index is 0.587. The lowest BCUT2D eigenvalue weighted by Crippen LogP contribution is -2.11. The Hall–Kier alpha value is -0.720. The van der Waals surface area contributed by atoms with Crippen LogP contribution in [0.5, 0.6) is 0 Å². The quantitative estimate of drug-likeness (QED) is 0.623. The van der Waals surface area contributed by atoms with Gasteiger partial charge >= 0.3 is 0 Å². The van der Waals surface area contributed by atoms with Crippen LogP contribution in [0.4, 0.5) is 5.13 Å².